The quantitative estimate of drug-likeness (QED) is 0.340. The fraction of sp³-hybridized carbons (Fsp3) is 0.107. The van der Waals surface area contributed by atoms with E-state index in [1.54, 1.807) is 44.2 Å². The van der Waals surface area contributed by atoms with Crippen molar-refractivity contribution in [3.8, 4) is 11.1 Å². The average Bonchev–Trinajstić information content (AvgIpc) is 2.89. The molecule has 1 heterocycles. The molecule has 5 rings (SSSR count). The van der Waals surface area contributed by atoms with Crippen LogP contribution in [0.4, 0.5) is 21.5 Å². The third kappa shape index (κ3) is 4.98. The molecule has 0 unspecified atom stereocenters. The Balaban J connectivity index is 1.36. The van der Waals surface area contributed by atoms with E-state index in [1.165, 1.54) is 42.5 Å². The van der Waals surface area contributed by atoms with Gasteiger partial charge in [-0.05, 0) is 73.5 Å². The Labute approximate surface area is 226 Å². The van der Waals surface area contributed by atoms with Crippen LogP contribution in [0.15, 0.2) is 94.7 Å². The van der Waals surface area contributed by atoms with Crippen molar-refractivity contribution in [1.82, 2.24) is 0 Å². The maximum atomic E-state index is 14.0. The van der Waals surface area contributed by atoms with Crippen molar-refractivity contribution in [2.75, 3.05) is 20.9 Å². The van der Waals surface area contributed by atoms with Crippen molar-refractivity contribution in [3.05, 3.63) is 102 Å². The second-order valence-electron chi connectivity index (χ2n) is 9.11. The molecule has 0 aromatic heterocycles. The number of halogens is 1. The molecule has 4 aromatic carbocycles. The number of hydrogen-bond acceptors (Lipinski definition) is 5. The number of para-hydroxylation sites is 1. The summed E-state index contributed by atoms with van der Waals surface area (Å²) in [6.45, 7) is 3.04. The molecule has 0 bridgehead atoms. The van der Waals surface area contributed by atoms with Gasteiger partial charge < -0.3 is 5.32 Å². The van der Waals surface area contributed by atoms with E-state index < -0.39 is 38.3 Å². The molecule has 0 fully saturated rings. The van der Waals surface area contributed by atoms with Gasteiger partial charge in [0.05, 0.1) is 21.2 Å². The zero-order valence-corrected chi connectivity index (χ0v) is 22.6. The van der Waals surface area contributed by atoms with Gasteiger partial charge in [-0.2, -0.15) is 0 Å². The Morgan fingerprint density at radius 1 is 0.872 bits per heavy atom. The van der Waals surface area contributed by atoms with E-state index >= 15 is 0 Å². The third-order valence-corrected chi connectivity index (χ3v) is 9.61. The van der Waals surface area contributed by atoms with Gasteiger partial charge in [-0.3, -0.25) is 13.8 Å². The summed E-state index contributed by atoms with van der Waals surface area (Å²) in [7, 11) is -7.98. The van der Waals surface area contributed by atoms with Gasteiger partial charge in [0.2, 0.25) is 5.91 Å². The summed E-state index contributed by atoms with van der Waals surface area (Å²) >= 11 is 0. The average molecular weight is 566 g/mol. The van der Waals surface area contributed by atoms with Gasteiger partial charge in [-0.15, -0.1) is 0 Å². The molecule has 2 N–H and O–H groups in total. The van der Waals surface area contributed by atoms with E-state index in [2.05, 4.69) is 10.0 Å². The van der Waals surface area contributed by atoms with Crippen molar-refractivity contribution in [1.29, 1.82) is 0 Å². The van der Waals surface area contributed by atoms with E-state index in [1.807, 2.05) is 6.07 Å². The van der Waals surface area contributed by atoms with Crippen LogP contribution in [0.25, 0.3) is 11.1 Å². The monoisotopic (exact) mass is 565 g/mol. The Morgan fingerprint density at radius 2 is 1.54 bits per heavy atom. The number of sulfonamides is 2. The number of aryl methyl sites for hydroxylation is 2. The minimum atomic E-state index is -4.10. The lowest BCUT2D eigenvalue weighted by Crippen LogP contribution is -2.40. The van der Waals surface area contributed by atoms with Crippen molar-refractivity contribution >= 4 is 43.0 Å². The lowest BCUT2D eigenvalue weighted by atomic mass is 10.0. The van der Waals surface area contributed by atoms with Crippen LogP contribution in [0.3, 0.4) is 0 Å². The summed E-state index contributed by atoms with van der Waals surface area (Å²) in [5, 5.41) is 2.61. The lowest BCUT2D eigenvalue weighted by molar-refractivity contribution is -0.114. The first-order chi connectivity index (χ1) is 18.5. The van der Waals surface area contributed by atoms with Crippen LogP contribution >= 0.6 is 0 Å². The number of rotatable bonds is 6. The van der Waals surface area contributed by atoms with Crippen molar-refractivity contribution in [3.63, 3.8) is 0 Å². The molecular formula is C28H24FN3O5S2. The molecule has 4 aromatic rings. The molecular weight excluding hydrogens is 541 g/mol. The van der Waals surface area contributed by atoms with Gasteiger partial charge in [0.15, 0.2) is 0 Å². The Kier molecular flexibility index (Phi) is 6.65. The predicted octanol–water partition coefficient (Wildman–Crippen LogP) is 5.06. The van der Waals surface area contributed by atoms with Crippen LogP contribution in [0.1, 0.15) is 11.1 Å². The zero-order chi connectivity index (χ0) is 27.9. The second kappa shape index (κ2) is 9.83. The van der Waals surface area contributed by atoms with Gasteiger partial charge in [0, 0.05) is 16.8 Å². The molecule has 1 aliphatic rings. The highest BCUT2D eigenvalue weighted by atomic mass is 32.2. The standard InChI is InChI=1S/C28H24FN3O5S2/c1-18-6-5-7-19(2)28(18)31-38(34,35)22-13-11-21(12-14-22)30-27(33)17-32-25-15-10-20(29)16-24(25)23-8-3-4-9-26(23)39(32,36)37/h3-16,31H,17H2,1-2H3,(H,30,33). The molecule has 0 saturated carbocycles. The van der Waals surface area contributed by atoms with Gasteiger partial charge >= 0.3 is 0 Å². The molecule has 0 saturated heterocycles. The number of amides is 1. The normalized spacial score (nSPS) is 13.8. The fourth-order valence-corrected chi connectivity index (χ4v) is 7.34. The van der Waals surface area contributed by atoms with Gasteiger partial charge in [-0.1, -0.05) is 36.4 Å². The second-order valence-corrected chi connectivity index (χ2v) is 12.6. The SMILES string of the molecule is Cc1cccc(C)c1NS(=O)(=O)c1ccc(NC(=O)CN2c3ccc(F)cc3-c3ccccc3S2(=O)=O)cc1. The van der Waals surface area contributed by atoms with Crippen LogP contribution < -0.4 is 14.3 Å². The Morgan fingerprint density at radius 3 is 2.23 bits per heavy atom. The Hall–Kier alpha value is -4.22. The van der Waals surface area contributed by atoms with Crippen molar-refractivity contribution in [2.45, 2.75) is 23.6 Å². The maximum Gasteiger partial charge on any atom is 0.265 e. The molecule has 11 heteroatoms. The first kappa shape index (κ1) is 26.4. The van der Waals surface area contributed by atoms with E-state index in [9.17, 15) is 26.0 Å². The van der Waals surface area contributed by atoms with Gasteiger partial charge in [-0.25, -0.2) is 21.2 Å². The summed E-state index contributed by atoms with van der Waals surface area (Å²) in [6.07, 6.45) is 0. The lowest BCUT2D eigenvalue weighted by Gasteiger charge is -2.31. The summed E-state index contributed by atoms with van der Waals surface area (Å²) in [5.74, 6) is -1.19. The van der Waals surface area contributed by atoms with Crippen LogP contribution in [0.5, 0.6) is 0 Å². The first-order valence-electron chi connectivity index (χ1n) is 11.9. The van der Waals surface area contributed by atoms with E-state index in [-0.39, 0.29) is 21.2 Å². The van der Waals surface area contributed by atoms with E-state index in [4.69, 9.17) is 0 Å². The molecule has 1 aliphatic heterocycles. The molecule has 0 spiro atoms. The minimum Gasteiger partial charge on any atom is -0.325 e. The Bertz CT molecular complexity index is 1800. The van der Waals surface area contributed by atoms with Crippen LogP contribution in [0, 0.1) is 19.7 Å². The number of hydrogen-bond donors (Lipinski definition) is 2. The molecule has 0 aliphatic carbocycles. The highest BCUT2D eigenvalue weighted by Crippen LogP contribution is 2.43. The third-order valence-electron chi connectivity index (χ3n) is 6.43. The number of fused-ring (bicyclic) bond motifs is 3. The van der Waals surface area contributed by atoms with Gasteiger partial charge in [0.1, 0.15) is 12.4 Å². The van der Waals surface area contributed by atoms with Crippen molar-refractivity contribution < 1.29 is 26.0 Å². The minimum absolute atomic E-state index is 0.00526. The fourth-order valence-electron chi connectivity index (χ4n) is 4.49. The van der Waals surface area contributed by atoms with E-state index in [0.717, 1.165) is 21.5 Å². The highest BCUT2D eigenvalue weighted by molar-refractivity contribution is 7.93. The van der Waals surface area contributed by atoms with Crippen molar-refractivity contribution in [2.24, 2.45) is 0 Å². The smallest absolute Gasteiger partial charge is 0.265 e. The van der Waals surface area contributed by atoms with Crippen LogP contribution in [-0.2, 0) is 24.8 Å². The largest absolute Gasteiger partial charge is 0.325 e. The number of nitrogens with zero attached hydrogens (tertiary/aromatic N) is 1. The first-order valence-corrected chi connectivity index (χ1v) is 14.8. The number of nitrogens with one attached hydrogen (secondary N) is 2. The molecule has 8 nitrogen and oxygen atoms in total. The van der Waals surface area contributed by atoms with Crippen LogP contribution in [-0.4, -0.2) is 29.3 Å². The highest BCUT2D eigenvalue weighted by Gasteiger charge is 2.36. The number of carbonyl (C=O) groups excluding carboxylic acids is 1. The maximum absolute atomic E-state index is 14.0. The molecule has 0 atom stereocenters. The molecule has 1 amide bonds. The number of anilines is 3. The van der Waals surface area contributed by atoms with Gasteiger partial charge in [0.25, 0.3) is 20.0 Å². The topological polar surface area (TPSA) is 113 Å². The summed E-state index contributed by atoms with van der Waals surface area (Å²) in [4.78, 5) is 12.9. The predicted molar refractivity (Wildman–Crippen MR) is 148 cm³/mol. The molecule has 0 radical (unpaired) electrons. The van der Waals surface area contributed by atoms with Crippen LogP contribution in [0.2, 0.25) is 0 Å². The summed E-state index contributed by atoms with van der Waals surface area (Å²) < 4.78 is 70.2. The summed E-state index contributed by atoms with van der Waals surface area (Å²) in [5.41, 5.74) is 3.24. The zero-order valence-electron chi connectivity index (χ0n) is 21.0. The van der Waals surface area contributed by atoms with E-state index in [0.29, 0.717) is 16.8 Å². The molecule has 200 valence electrons. The number of carbonyl (C=O) groups is 1. The number of benzene rings is 4. The molecule has 39 heavy (non-hydrogen) atoms. The summed E-state index contributed by atoms with van der Waals surface area (Å²) in [6, 6.07) is 20.9.